The summed E-state index contributed by atoms with van der Waals surface area (Å²) in [4.78, 5) is 0. The second-order valence-electron chi connectivity index (χ2n) is 6.91. The fourth-order valence-electron chi connectivity index (χ4n) is 3.13. The summed E-state index contributed by atoms with van der Waals surface area (Å²) in [5.74, 6) is 1.97. The fraction of sp³-hybridized carbons (Fsp3) is 0.130. The predicted octanol–water partition coefficient (Wildman–Crippen LogP) is 6.25. The molecule has 0 amide bonds. The van der Waals surface area contributed by atoms with Gasteiger partial charge in [0.05, 0.1) is 23.7 Å². The highest BCUT2D eigenvalue weighted by molar-refractivity contribution is 7.71. The van der Waals surface area contributed by atoms with E-state index in [2.05, 4.69) is 15.6 Å². The Morgan fingerprint density at radius 1 is 0.969 bits per heavy atom. The molecule has 0 radical (unpaired) electrons. The van der Waals surface area contributed by atoms with E-state index in [9.17, 15) is 0 Å². The number of aromatic amines is 1. The van der Waals surface area contributed by atoms with Crippen LogP contribution >= 0.6 is 35.4 Å². The Balaban J connectivity index is 1.46. The van der Waals surface area contributed by atoms with Crippen molar-refractivity contribution in [1.82, 2.24) is 14.9 Å². The molecule has 3 aromatic carbocycles. The lowest BCUT2D eigenvalue weighted by Crippen LogP contribution is -2.16. The summed E-state index contributed by atoms with van der Waals surface area (Å²) < 4.78 is 13.7. The van der Waals surface area contributed by atoms with Gasteiger partial charge in [0.15, 0.2) is 17.3 Å². The summed E-state index contributed by atoms with van der Waals surface area (Å²) in [6.45, 7) is 0.854. The smallest absolute Gasteiger partial charge is 0.214 e. The van der Waals surface area contributed by atoms with Gasteiger partial charge in [0, 0.05) is 5.56 Å². The minimum atomic E-state index is 0.343. The molecule has 4 aromatic rings. The first-order valence-corrected chi connectivity index (χ1v) is 10.9. The van der Waals surface area contributed by atoms with Crippen LogP contribution in [0.3, 0.4) is 0 Å². The van der Waals surface area contributed by atoms with Crippen molar-refractivity contribution >= 4 is 35.4 Å². The van der Waals surface area contributed by atoms with Crippen LogP contribution in [0.2, 0.25) is 10.0 Å². The molecule has 164 valence electrons. The first-order valence-electron chi connectivity index (χ1n) is 9.75. The third-order valence-electron chi connectivity index (χ3n) is 4.75. The number of H-pyrrole nitrogens is 1. The van der Waals surface area contributed by atoms with E-state index < -0.39 is 0 Å². The number of nitrogens with one attached hydrogen (secondary N) is 2. The van der Waals surface area contributed by atoms with Crippen LogP contribution in [0.25, 0.3) is 11.4 Å². The quantitative estimate of drug-likeness (QED) is 0.288. The van der Waals surface area contributed by atoms with Gasteiger partial charge in [-0.2, -0.15) is 5.10 Å². The van der Waals surface area contributed by atoms with Crippen LogP contribution in [-0.4, -0.2) is 22.0 Å². The van der Waals surface area contributed by atoms with Crippen LogP contribution in [0, 0.1) is 4.77 Å². The summed E-state index contributed by atoms with van der Waals surface area (Å²) in [5.41, 5.74) is 6.17. The number of halogens is 2. The summed E-state index contributed by atoms with van der Waals surface area (Å²) in [6.07, 6.45) is 0. The fourth-order valence-corrected chi connectivity index (χ4v) is 3.64. The van der Waals surface area contributed by atoms with Gasteiger partial charge in [0.2, 0.25) is 4.77 Å². The van der Waals surface area contributed by atoms with Crippen molar-refractivity contribution in [3.05, 3.63) is 92.7 Å². The first-order chi connectivity index (χ1) is 15.5. The normalized spacial score (nSPS) is 10.7. The van der Waals surface area contributed by atoms with E-state index in [-0.39, 0.29) is 0 Å². The Hall–Kier alpha value is -3.00. The minimum Gasteiger partial charge on any atom is -0.493 e. The van der Waals surface area contributed by atoms with E-state index in [1.54, 1.807) is 23.9 Å². The highest BCUT2D eigenvalue weighted by atomic mass is 35.5. The molecular weight excluding hydrogens is 467 g/mol. The van der Waals surface area contributed by atoms with E-state index in [1.165, 1.54) is 0 Å². The van der Waals surface area contributed by atoms with Gasteiger partial charge in [0.25, 0.3) is 0 Å². The topological polar surface area (TPSA) is 64.1 Å². The number of nitrogens with zero attached hydrogens (tertiary/aromatic N) is 2. The van der Waals surface area contributed by atoms with E-state index in [1.807, 2.05) is 54.6 Å². The van der Waals surface area contributed by atoms with Gasteiger partial charge in [-0.25, -0.2) is 9.77 Å². The van der Waals surface area contributed by atoms with Gasteiger partial charge in [-0.3, -0.25) is 0 Å². The van der Waals surface area contributed by atoms with Crippen LogP contribution < -0.4 is 14.9 Å². The monoisotopic (exact) mass is 486 g/mol. The number of ether oxygens (including phenoxy) is 2. The molecule has 0 saturated carbocycles. The molecule has 0 saturated heterocycles. The molecule has 32 heavy (non-hydrogen) atoms. The largest absolute Gasteiger partial charge is 0.493 e. The predicted molar refractivity (Wildman–Crippen MR) is 130 cm³/mol. The van der Waals surface area contributed by atoms with Crippen molar-refractivity contribution < 1.29 is 9.47 Å². The van der Waals surface area contributed by atoms with Gasteiger partial charge in [-0.15, -0.1) is 0 Å². The highest BCUT2D eigenvalue weighted by Gasteiger charge is 2.10. The van der Waals surface area contributed by atoms with Crippen molar-refractivity contribution in [2.75, 3.05) is 12.5 Å². The molecule has 0 bridgehead atoms. The summed E-state index contributed by atoms with van der Waals surface area (Å²) >= 11 is 17.4. The number of hydrogen-bond donors (Lipinski definition) is 2. The Kier molecular flexibility index (Phi) is 6.99. The van der Waals surface area contributed by atoms with Gasteiger partial charge < -0.3 is 14.9 Å². The zero-order valence-corrected chi connectivity index (χ0v) is 19.5. The molecule has 9 heteroatoms. The van der Waals surface area contributed by atoms with Crippen LogP contribution in [-0.2, 0) is 13.2 Å². The summed E-state index contributed by atoms with van der Waals surface area (Å²) in [7, 11) is 1.61. The average Bonchev–Trinajstić information content (AvgIpc) is 3.19. The van der Waals surface area contributed by atoms with Crippen LogP contribution in [0.1, 0.15) is 11.1 Å². The maximum atomic E-state index is 6.08. The summed E-state index contributed by atoms with van der Waals surface area (Å²) in [6, 6.07) is 21.0. The third-order valence-corrected chi connectivity index (χ3v) is 5.76. The number of benzene rings is 3. The van der Waals surface area contributed by atoms with Crippen LogP contribution in [0.5, 0.6) is 11.5 Å². The molecule has 0 unspecified atom stereocenters. The van der Waals surface area contributed by atoms with Gasteiger partial charge >= 0.3 is 0 Å². The first kappa shape index (κ1) is 22.2. The van der Waals surface area contributed by atoms with E-state index in [4.69, 9.17) is 44.9 Å². The van der Waals surface area contributed by atoms with Gasteiger partial charge in [0.1, 0.15) is 6.61 Å². The maximum Gasteiger partial charge on any atom is 0.214 e. The lowest BCUT2D eigenvalue weighted by molar-refractivity contribution is 0.284. The van der Waals surface area contributed by atoms with Crippen LogP contribution in [0.15, 0.2) is 66.7 Å². The van der Waals surface area contributed by atoms with Crippen molar-refractivity contribution in [3.8, 4) is 22.9 Å². The zero-order valence-electron chi connectivity index (χ0n) is 17.1. The van der Waals surface area contributed by atoms with Gasteiger partial charge in [-0.05, 0) is 47.6 Å². The molecule has 0 atom stereocenters. The molecular formula is C23H20Cl2N4O2S. The number of hydrogen-bond acceptors (Lipinski definition) is 5. The molecule has 0 spiro atoms. The van der Waals surface area contributed by atoms with Crippen molar-refractivity contribution in [1.29, 1.82) is 0 Å². The number of aromatic nitrogens is 3. The lowest BCUT2D eigenvalue weighted by atomic mass is 10.2. The second kappa shape index (κ2) is 10.1. The molecule has 0 aliphatic carbocycles. The second-order valence-corrected chi connectivity index (χ2v) is 8.11. The SMILES string of the molecule is COc1cc(CNn2c(-c3ccccc3)n[nH]c2=S)ccc1OCc1ccc(Cl)c(Cl)c1. The molecule has 1 aromatic heterocycles. The molecule has 4 rings (SSSR count). The lowest BCUT2D eigenvalue weighted by Gasteiger charge is -2.14. The van der Waals surface area contributed by atoms with E-state index in [0.717, 1.165) is 16.7 Å². The number of methoxy groups -OCH3 is 1. The van der Waals surface area contributed by atoms with Crippen LogP contribution in [0.4, 0.5) is 0 Å². The molecule has 6 nitrogen and oxygen atoms in total. The maximum absolute atomic E-state index is 6.08. The third kappa shape index (κ3) is 5.07. The molecule has 1 heterocycles. The Bertz CT molecular complexity index is 1270. The zero-order chi connectivity index (χ0) is 22.5. The van der Waals surface area contributed by atoms with Crippen molar-refractivity contribution in [2.45, 2.75) is 13.2 Å². The molecule has 2 N–H and O–H groups in total. The van der Waals surface area contributed by atoms with E-state index in [0.29, 0.717) is 45.3 Å². The van der Waals surface area contributed by atoms with E-state index >= 15 is 0 Å². The average molecular weight is 487 g/mol. The Labute approximate surface area is 200 Å². The standard InChI is InChI=1S/C23H20Cl2N4O2S/c1-30-21-12-15(8-10-20(21)31-14-16-7-9-18(24)19(25)11-16)13-26-29-22(27-28-23(29)32)17-5-3-2-4-6-17/h2-12,26H,13-14H2,1H3,(H,28,32). The minimum absolute atomic E-state index is 0.343. The highest BCUT2D eigenvalue weighted by Crippen LogP contribution is 2.30. The Morgan fingerprint density at radius 2 is 1.75 bits per heavy atom. The molecule has 0 aliphatic heterocycles. The van der Waals surface area contributed by atoms with Gasteiger partial charge in [-0.1, -0.05) is 65.7 Å². The van der Waals surface area contributed by atoms with Crippen molar-refractivity contribution in [2.24, 2.45) is 0 Å². The summed E-state index contributed by atoms with van der Waals surface area (Å²) in [5, 5.41) is 8.17. The molecule has 0 fully saturated rings. The Morgan fingerprint density at radius 3 is 2.50 bits per heavy atom. The molecule has 0 aliphatic rings. The van der Waals surface area contributed by atoms with Crippen molar-refractivity contribution in [3.63, 3.8) is 0 Å². The number of rotatable bonds is 8.